The van der Waals surface area contributed by atoms with Crippen LogP contribution >= 0.6 is 0 Å². The monoisotopic (exact) mass is 160 g/mol. The molecular weight excluding hydrogens is 148 g/mol. The van der Waals surface area contributed by atoms with Crippen LogP contribution in [-0.4, -0.2) is 9.97 Å². The van der Waals surface area contributed by atoms with Crippen LogP contribution < -0.4 is 0 Å². The van der Waals surface area contributed by atoms with Gasteiger partial charge in [-0.2, -0.15) is 0 Å². The van der Waals surface area contributed by atoms with E-state index in [1.54, 1.807) is 6.33 Å². The lowest BCUT2D eigenvalue weighted by atomic mass is 10.1. The molecule has 0 spiro atoms. The Balaban J connectivity index is 2.67. The molecule has 62 valence electrons. The fourth-order valence-corrected chi connectivity index (χ4v) is 1.74. The molecule has 0 unspecified atom stereocenters. The molecule has 2 heteroatoms. The Labute approximate surface area is 72.4 Å². The van der Waals surface area contributed by atoms with E-state index in [4.69, 9.17) is 0 Å². The Bertz CT molecular complexity index is 364. The molecule has 12 heavy (non-hydrogen) atoms. The Morgan fingerprint density at radius 1 is 1.17 bits per heavy atom. The molecule has 2 rings (SSSR count). The molecular formula is C10H12N2. The fraction of sp³-hybridized carbons (Fsp3) is 0.400. The summed E-state index contributed by atoms with van der Waals surface area (Å²) < 4.78 is 0. The zero-order valence-electron chi connectivity index (χ0n) is 7.68. The number of fused-ring (bicyclic) bond motifs is 1. The zero-order valence-corrected chi connectivity index (χ0v) is 7.68. The predicted octanol–water partition coefficient (Wildman–Crippen LogP) is 2.13. The van der Waals surface area contributed by atoms with Gasteiger partial charge in [-0.25, -0.2) is 9.97 Å². The minimum absolute atomic E-state index is 1.00. The highest BCUT2D eigenvalue weighted by atomic mass is 14.8. The van der Waals surface area contributed by atoms with Crippen LogP contribution in [-0.2, 0) is 6.42 Å². The first-order valence-electron chi connectivity index (χ1n) is 4.17. The van der Waals surface area contributed by atoms with Crippen LogP contribution in [0.2, 0.25) is 0 Å². The topological polar surface area (TPSA) is 25.8 Å². The second-order valence-electron chi connectivity index (χ2n) is 3.36. The summed E-state index contributed by atoms with van der Waals surface area (Å²) in [5.41, 5.74) is 6.36. The summed E-state index contributed by atoms with van der Waals surface area (Å²) in [4.78, 5) is 8.46. The van der Waals surface area contributed by atoms with E-state index >= 15 is 0 Å². The second kappa shape index (κ2) is 2.41. The smallest absolute Gasteiger partial charge is 0.115 e. The summed E-state index contributed by atoms with van der Waals surface area (Å²) in [5, 5.41) is 0. The van der Waals surface area contributed by atoms with E-state index in [0.29, 0.717) is 0 Å². The number of hydrogen-bond acceptors (Lipinski definition) is 2. The molecule has 1 aliphatic rings. The summed E-state index contributed by atoms with van der Waals surface area (Å²) in [5.74, 6) is 0. The first-order valence-corrected chi connectivity index (χ1v) is 4.17. The third kappa shape index (κ3) is 0.876. The fourth-order valence-electron chi connectivity index (χ4n) is 1.74. The molecule has 0 bridgehead atoms. The van der Waals surface area contributed by atoms with Crippen molar-refractivity contribution in [1.82, 2.24) is 9.97 Å². The molecule has 0 radical (unpaired) electrons. The maximum absolute atomic E-state index is 4.27. The van der Waals surface area contributed by atoms with Gasteiger partial charge in [0, 0.05) is 17.7 Å². The SMILES string of the molecule is CC1=C(C)c2c(C)ncnc2C1. The average Bonchev–Trinajstić information content (AvgIpc) is 2.29. The number of nitrogens with zero attached hydrogens (tertiary/aromatic N) is 2. The van der Waals surface area contributed by atoms with Gasteiger partial charge in [-0.3, -0.25) is 0 Å². The minimum atomic E-state index is 1.00. The van der Waals surface area contributed by atoms with Crippen molar-refractivity contribution in [3.8, 4) is 0 Å². The van der Waals surface area contributed by atoms with E-state index < -0.39 is 0 Å². The predicted molar refractivity (Wildman–Crippen MR) is 48.7 cm³/mol. The first kappa shape index (κ1) is 7.47. The van der Waals surface area contributed by atoms with Crippen molar-refractivity contribution in [3.63, 3.8) is 0 Å². The van der Waals surface area contributed by atoms with Crippen molar-refractivity contribution in [2.75, 3.05) is 0 Å². The summed E-state index contributed by atoms with van der Waals surface area (Å²) in [6.07, 6.45) is 2.66. The highest BCUT2D eigenvalue weighted by Crippen LogP contribution is 2.31. The molecule has 1 heterocycles. The molecule has 0 saturated carbocycles. The van der Waals surface area contributed by atoms with E-state index in [2.05, 4.69) is 23.8 Å². The molecule has 2 nitrogen and oxygen atoms in total. The van der Waals surface area contributed by atoms with Crippen molar-refractivity contribution >= 4 is 5.57 Å². The highest BCUT2D eigenvalue weighted by molar-refractivity contribution is 5.74. The van der Waals surface area contributed by atoms with Gasteiger partial charge in [0.1, 0.15) is 6.33 Å². The van der Waals surface area contributed by atoms with Crippen molar-refractivity contribution in [1.29, 1.82) is 0 Å². The molecule has 0 aliphatic heterocycles. The number of rotatable bonds is 0. The molecule has 1 aromatic rings. The Kier molecular flexibility index (Phi) is 1.50. The average molecular weight is 160 g/mol. The van der Waals surface area contributed by atoms with Crippen LogP contribution in [0.25, 0.3) is 5.57 Å². The Morgan fingerprint density at radius 2 is 1.92 bits per heavy atom. The zero-order chi connectivity index (χ0) is 8.72. The molecule has 0 aromatic carbocycles. The summed E-state index contributed by atoms with van der Waals surface area (Å²) in [7, 11) is 0. The van der Waals surface area contributed by atoms with E-state index in [1.165, 1.54) is 22.4 Å². The van der Waals surface area contributed by atoms with Gasteiger partial charge in [0.15, 0.2) is 0 Å². The molecule has 0 fully saturated rings. The van der Waals surface area contributed by atoms with Crippen LogP contribution in [0.15, 0.2) is 11.9 Å². The molecule has 0 N–H and O–H groups in total. The lowest BCUT2D eigenvalue weighted by Gasteiger charge is -2.02. The van der Waals surface area contributed by atoms with Gasteiger partial charge in [0.05, 0.1) is 5.69 Å². The van der Waals surface area contributed by atoms with Gasteiger partial charge >= 0.3 is 0 Å². The van der Waals surface area contributed by atoms with Crippen LogP contribution in [0.4, 0.5) is 0 Å². The summed E-state index contributed by atoms with van der Waals surface area (Å²) in [6, 6.07) is 0. The van der Waals surface area contributed by atoms with Crippen LogP contribution in [0.1, 0.15) is 30.8 Å². The minimum Gasteiger partial charge on any atom is -0.241 e. The third-order valence-corrected chi connectivity index (χ3v) is 2.56. The summed E-state index contributed by atoms with van der Waals surface area (Å²) >= 11 is 0. The first-order chi connectivity index (χ1) is 5.70. The van der Waals surface area contributed by atoms with Crippen molar-refractivity contribution in [2.45, 2.75) is 27.2 Å². The molecule has 0 amide bonds. The second-order valence-corrected chi connectivity index (χ2v) is 3.36. The van der Waals surface area contributed by atoms with Gasteiger partial charge in [-0.15, -0.1) is 0 Å². The largest absolute Gasteiger partial charge is 0.241 e. The van der Waals surface area contributed by atoms with Crippen LogP contribution in [0.5, 0.6) is 0 Å². The van der Waals surface area contributed by atoms with Crippen LogP contribution in [0, 0.1) is 6.92 Å². The van der Waals surface area contributed by atoms with Crippen LogP contribution in [0.3, 0.4) is 0 Å². The quantitative estimate of drug-likeness (QED) is 0.581. The highest BCUT2D eigenvalue weighted by Gasteiger charge is 2.18. The Morgan fingerprint density at radius 3 is 2.58 bits per heavy atom. The third-order valence-electron chi connectivity index (χ3n) is 2.56. The van der Waals surface area contributed by atoms with E-state index in [1.807, 2.05) is 6.92 Å². The standard InChI is InChI=1S/C10H12N2/c1-6-4-9-10(7(6)2)8(3)11-5-12-9/h5H,4H2,1-3H3. The lowest BCUT2D eigenvalue weighted by molar-refractivity contribution is 1.01. The lowest BCUT2D eigenvalue weighted by Crippen LogP contribution is -1.94. The number of aromatic nitrogens is 2. The molecule has 1 aliphatic carbocycles. The molecule has 0 atom stereocenters. The van der Waals surface area contributed by atoms with Crippen molar-refractivity contribution < 1.29 is 0 Å². The van der Waals surface area contributed by atoms with E-state index in [-0.39, 0.29) is 0 Å². The summed E-state index contributed by atoms with van der Waals surface area (Å²) in [6.45, 7) is 6.36. The van der Waals surface area contributed by atoms with E-state index in [0.717, 1.165) is 12.1 Å². The van der Waals surface area contributed by atoms with Gasteiger partial charge in [-0.05, 0) is 26.3 Å². The Hall–Kier alpha value is -1.18. The van der Waals surface area contributed by atoms with Gasteiger partial charge in [-0.1, -0.05) is 5.57 Å². The number of allylic oxidation sites excluding steroid dienone is 2. The van der Waals surface area contributed by atoms with Crippen molar-refractivity contribution in [2.24, 2.45) is 0 Å². The molecule has 1 aromatic heterocycles. The van der Waals surface area contributed by atoms with Crippen molar-refractivity contribution in [3.05, 3.63) is 28.9 Å². The normalized spacial score (nSPS) is 15.2. The maximum Gasteiger partial charge on any atom is 0.115 e. The van der Waals surface area contributed by atoms with Gasteiger partial charge in [0.25, 0.3) is 0 Å². The van der Waals surface area contributed by atoms with Gasteiger partial charge < -0.3 is 0 Å². The van der Waals surface area contributed by atoms with E-state index in [9.17, 15) is 0 Å². The number of hydrogen-bond donors (Lipinski definition) is 0. The van der Waals surface area contributed by atoms with Gasteiger partial charge in [0.2, 0.25) is 0 Å². The molecule has 0 saturated heterocycles. The number of aryl methyl sites for hydroxylation is 1. The maximum atomic E-state index is 4.27.